The van der Waals surface area contributed by atoms with E-state index in [1.165, 1.54) is 39.8 Å². The lowest BCUT2D eigenvalue weighted by atomic mass is 10.0. The molecule has 0 radical (unpaired) electrons. The highest BCUT2D eigenvalue weighted by molar-refractivity contribution is 8.01. The Labute approximate surface area is 247 Å². The Morgan fingerprint density at radius 1 is 1.20 bits per heavy atom. The summed E-state index contributed by atoms with van der Waals surface area (Å²) >= 11 is 4.12. The van der Waals surface area contributed by atoms with Gasteiger partial charge in [0.1, 0.15) is 34.8 Å². The average Bonchev–Trinajstić information content (AvgIpc) is 3.37. The predicted octanol–water partition coefficient (Wildman–Crippen LogP) is 2.23. The Morgan fingerprint density at radius 2 is 1.95 bits per heavy atom. The van der Waals surface area contributed by atoms with Crippen LogP contribution in [0.2, 0.25) is 0 Å². The molecule has 41 heavy (non-hydrogen) atoms. The van der Waals surface area contributed by atoms with E-state index in [0.717, 1.165) is 10.6 Å². The standard InChI is InChI=1S/C25H27N5O8S3/c1-13-28-29-25(41-13)40-12-15-11-39-21-18(20(32)30(21)19(15)23(35)36)27-17(31)9-5-8-16(22(33)34)26-24(37)38-10-14-6-3-2-4-7-14/h2-4,6-7,16,18,21H,5,8-12H2,1H3,(H,26,37)(H,27,31)(H,33,34)(H,35,36)/t16-,18-,21-/m1/s1. The van der Waals surface area contributed by atoms with Gasteiger partial charge in [-0.1, -0.05) is 53.4 Å². The lowest BCUT2D eigenvalue weighted by Gasteiger charge is -2.49. The number of benzene rings is 1. The third kappa shape index (κ3) is 7.77. The Morgan fingerprint density at radius 3 is 2.61 bits per heavy atom. The molecule has 16 heteroatoms. The maximum Gasteiger partial charge on any atom is 0.408 e. The van der Waals surface area contributed by atoms with Crippen molar-refractivity contribution in [2.24, 2.45) is 0 Å². The largest absolute Gasteiger partial charge is 0.480 e. The number of carbonyl (C=O) groups excluding carboxylic acids is 3. The first-order chi connectivity index (χ1) is 19.6. The zero-order valence-electron chi connectivity index (χ0n) is 21.8. The maximum atomic E-state index is 12.9. The molecule has 1 saturated heterocycles. The molecule has 4 N–H and O–H groups in total. The van der Waals surface area contributed by atoms with Gasteiger partial charge in [0.25, 0.3) is 5.91 Å². The van der Waals surface area contributed by atoms with Crippen LogP contribution in [0.3, 0.4) is 0 Å². The second kappa shape index (κ2) is 13.8. The predicted molar refractivity (Wildman–Crippen MR) is 150 cm³/mol. The van der Waals surface area contributed by atoms with Gasteiger partial charge in [-0.3, -0.25) is 14.5 Å². The van der Waals surface area contributed by atoms with Crippen molar-refractivity contribution in [1.82, 2.24) is 25.7 Å². The zero-order chi connectivity index (χ0) is 29.5. The summed E-state index contributed by atoms with van der Waals surface area (Å²) in [4.78, 5) is 62.2. The number of hydrogen-bond acceptors (Lipinski definition) is 11. The summed E-state index contributed by atoms with van der Waals surface area (Å²) in [6, 6.07) is 6.76. The molecule has 1 aromatic heterocycles. The van der Waals surface area contributed by atoms with Crippen LogP contribution in [-0.4, -0.2) is 84.1 Å². The Hall–Kier alpha value is -3.63. The lowest BCUT2D eigenvalue weighted by molar-refractivity contribution is -0.150. The van der Waals surface area contributed by atoms with Crippen LogP contribution in [-0.2, 0) is 30.5 Å². The number of aromatic nitrogens is 2. The third-order valence-corrected chi connectivity index (χ3v) is 9.54. The molecule has 0 spiro atoms. The van der Waals surface area contributed by atoms with Crippen molar-refractivity contribution in [3.05, 3.63) is 52.2 Å². The molecule has 0 aliphatic carbocycles. The highest BCUT2D eigenvalue weighted by Crippen LogP contribution is 2.41. The number of carbonyl (C=O) groups is 5. The molecule has 0 saturated carbocycles. The molecule has 1 aromatic carbocycles. The highest BCUT2D eigenvalue weighted by atomic mass is 32.2. The number of hydrogen-bond donors (Lipinski definition) is 4. The van der Waals surface area contributed by atoms with E-state index in [-0.39, 0.29) is 31.6 Å². The van der Waals surface area contributed by atoms with Crippen molar-refractivity contribution < 1.29 is 38.9 Å². The van der Waals surface area contributed by atoms with Crippen molar-refractivity contribution >= 4 is 64.7 Å². The number of nitrogens with zero attached hydrogens (tertiary/aromatic N) is 3. The fraction of sp³-hybridized carbons (Fsp3) is 0.400. The maximum absolute atomic E-state index is 12.9. The van der Waals surface area contributed by atoms with E-state index in [9.17, 15) is 34.2 Å². The van der Waals surface area contributed by atoms with Gasteiger partial charge in [0, 0.05) is 17.9 Å². The molecule has 13 nitrogen and oxygen atoms in total. The van der Waals surface area contributed by atoms with E-state index in [4.69, 9.17) is 4.74 Å². The number of aliphatic carboxylic acids is 2. The first-order valence-electron chi connectivity index (χ1n) is 12.5. The SMILES string of the molecule is Cc1nnc(SCC2=C(C(=O)O)N3C(=O)[C@@H](NC(=O)CCC[C@@H](NC(=O)OCc4ccccc4)C(=O)O)[C@H]3SC2)s1. The molecule has 3 amide bonds. The summed E-state index contributed by atoms with van der Waals surface area (Å²) in [6.45, 7) is 1.80. The Bertz CT molecular complexity index is 1350. The van der Waals surface area contributed by atoms with Crippen LogP contribution >= 0.6 is 34.9 Å². The van der Waals surface area contributed by atoms with Gasteiger partial charge in [0.05, 0.1) is 0 Å². The van der Waals surface area contributed by atoms with Gasteiger partial charge in [-0.25, -0.2) is 14.4 Å². The fourth-order valence-corrected chi connectivity index (χ4v) is 7.46. The number of carboxylic acids is 2. The molecule has 3 heterocycles. The minimum absolute atomic E-state index is 0.0187. The van der Waals surface area contributed by atoms with Gasteiger partial charge < -0.3 is 25.6 Å². The normalized spacial score (nSPS) is 18.7. The number of amides is 3. The number of rotatable bonds is 13. The summed E-state index contributed by atoms with van der Waals surface area (Å²) in [5.74, 6) is -2.77. The number of carboxylic acid groups (broad SMARTS) is 2. The molecular weight excluding hydrogens is 595 g/mol. The lowest BCUT2D eigenvalue weighted by Crippen LogP contribution is -2.70. The van der Waals surface area contributed by atoms with Gasteiger partial charge in [-0.05, 0) is 30.9 Å². The summed E-state index contributed by atoms with van der Waals surface area (Å²) in [7, 11) is 0. The number of nitrogens with one attached hydrogen (secondary N) is 2. The molecule has 4 rings (SSSR count). The summed E-state index contributed by atoms with van der Waals surface area (Å²) in [6.07, 6.45) is -0.890. The first-order valence-corrected chi connectivity index (χ1v) is 15.3. The smallest absolute Gasteiger partial charge is 0.408 e. The first kappa shape index (κ1) is 30.3. The van der Waals surface area contributed by atoms with E-state index >= 15 is 0 Å². The number of β-lactam (4-membered cyclic amide) rings is 1. The minimum Gasteiger partial charge on any atom is -0.480 e. The number of alkyl carbamates (subject to hydrolysis) is 1. The average molecular weight is 622 g/mol. The zero-order valence-corrected chi connectivity index (χ0v) is 24.2. The van der Waals surface area contributed by atoms with Gasteiger partial charge in [-0.15, -0.1) is 22.0 Å². The molecule has 2 aromatic rings. The fourth-order valence-electron chi connectivity index (χ4n) is 4.16. The van der Waals surface area contributed by atoms with Crippen molar-refractivity contribution in [1.29, 1.82) is 0 Å². The van der Waals surface area contributed by atoms with Crippen LogP contribution in [0.4, 0.5) is 4.79 Å². The Kier molecular flexibility index (Phi) is 10.2. The number of aryl methyl sites for hydroxylation is 1. The third-order valence-electron chi connectivity index (χ3n) is 6.14. The van der Waals surface area contributed by atoms with Crippen LogP contribution in [0.25, 0.3) is 0 Å². The van der Waals surface area contributed by atoms with Crippen molar-refractivity contribution in [2.75, 3.05) is 11.5 Å². The van der Waals surface area contributed by atoms with E-state index < -0.39 is 47.3 Å². The molecule has 1 fully saturated rings. The molecular formula is C25H27N5O8S3. The van der Waals surface area contributed by atoms with Crippen LogP contribution < -0.4 is 10.6 Å². The van der Waals surface area contributed by atoms with Crippen molar-refractivity contribution in [2.45, 2.75) is 54.6 Å². The second-order valence-corrected chi connectivity index (χ2v) is 12.6. The topological polar surface area (TPSA) is 188 Å². The van der Waals surface area contributed by atoms with Gasteiger partial charge in [0.2, 0.25) is 5.91 Å². The quantitative estimate of drug-likeness (QED) is 0.189. The van der Waals surface area contributed by atoms with Gasteiger partial charge >= 0.3 is 18.0 Å². The van der Waals surface area contributed by atoms with Crippen LogP contribution in [0.1, 0.15) is 29.8 Å². The van der Waals surface area contributed by atoms with E-state index in [1.54, 1.807) is 24.3 Å². The van der Waals surface area contributed by atoms with Crippen molar-refractivity contribution in [3.8, 4) is 0 Å². The van der Waals surface area contributed by atoms with E-state index in [0.29, 0.717) is 21.4 Å². The van der Waals surface area contributed by atoms with Crippen LogP contribution in [0.5, 0.6) is 0 Å². The molecule has 0 bridgehead atoms. The molecule has 2 aliphatic rings. The second-order valence-electron chi connectivity index (χ2n) is 9.08. The van der Waals surface area contributed by atoms with Crippen LogP contribution in [0, 0.1) is 6.92 Å². The minimum atomic E-state index is -1.27. The molecule has 0 unspecified atom stereocenters. The van der Waals surface area contributed by atoms with Gasteiger partial charge in [0.15, 0.2) is 4.34 Å². The monoisotopic (exact) mass is 621 g/mol. The number of thioether (sulfide) groups is 2. The summed E-state index contributed by atoms with van der Waals surface area (Å²) in [5, 5.41) is 32.4. The highest BCUT2D eigenvalue weighted by Gasteiger charge is 2.54. The van der Waals surface area contributed by atoms with E-state index in [1.807, 2.05) is 13.0 Å². The number of fused-ring (bicyclic) bond motifs is 1. The van der Waals surface area contributed by atoms with Crippen molar-refractivity contribution in [3.63, 3.8) is 0 Å². The summed E-state index contributed by atoms with van der Waals surface area (Å²) < 4.78 is 5.76. The van der Waals surface area contributed by atoms with Gasteiger partial charge in [-0.2, -0.15) is 0 Å². The summed E-state index contributed by atoms with van der Waals surface area (Å²) in [5.41, 5.74) is 1.26. The molecule has 3 atom stereocenters. The van der Waals surface area contributed by atoms with Crippen LogP contribution in [0.15, 0.2) is 45.9 Å². The Balaban J connectivity index is 1.24. The molecule has 218 valence electrons. The number of ether oxygens (including phenoxy) is 1. The molecule has 2 aliphatic heterocycles. The van der Waals surface area contributed by atoms with E-state index in [2.05, 4.69) is 20.8 Å².